The molecule has 35 heavy (non-hydrogen) atoms. The van der Waals surface area contributed by atoms with Crippen LogP contribution in [0.2, 0.25) is 0 Å². The summed E-state index contributed by atoms with van der Waals surface area (Å²) in [6, 6.07) is 39.8. The Labute approximate surface area is 206 Å². The Morgan fingerprint density at radius 2 is 1.00 bits per heavy atom. The van der Waals surface area contributed by atoms with Crippen LogP contribution in [-0.2, 0) is 0 Å². The summed E-state index contributed by atoms with van der Waals surface area (Å²) in [4.78, 5) is 14.6. The molecule has 7 aromatic rings. The summed E-state index contributed by atoms with van der Waals surface area (Å²) < 4.78 is 2.62. The molecule has 0 spiro atoms. The van der Waals surface area contributed by atoms with E-state index in [0.717, 1.165) is 16.7 Å². The first-order valence-electron chi connectivity index (χ1n) is 11.5. The number of benzene rings is 5. The second kappa shape index (κ2) is 8.12. The summed E-state index contributed by atoms with van der Waals surface area (Å²) in [7, 11) is 0. The van der Waals surface area contributed by atoms with Gasteiger partial charge < -0.3 is 0 Å². The maximum absolute atomic E-state index is 4.89. The minimum absolute atomic E-state index is 0.675. The van der Waals surface area contributed by atoms with Crippen LogP contribution in [0.3, 0.4) is 0 Å². The van der Waals surface area contributed by atoms with E-state index in [1.165, 1.54) is 30.9 Å². The molecule has 2 heterocycles. The number of fused-ring (bicyclic) bond motifs is 4. The van der Waals surface area contributed by atoms with Crippen molar-refractivity contribution in [3.8, 4) is 34.2 Å². The van der Waals surface area contributed by atoms with Crippen molar-refractivity contribution in [1.82, 2.24) is 15.0 Å². The molecule has 5 aromatic carbocycles. The maximum atomic E-state index is 4.89. The smallest absolute Gasteiger partial charge is 0.164 e. The molecule has 7 rings (SSSR count). The summed E-state index contributed by atoms with van der Waals surface area (Å²) in [5.41, 5.74) is 2.93. The SMILES string of the molecule is c1ccc(-c2nc(-c3ccccc3)nc(-c3ccc4cc5sc6ccccc6c5cc4c3)n2)cc1. The van der Waals surface area contributed by atoms with Crippen molar-refractivity contribution in [2.45, 2.75) is 0 Å². The third-order valence-corrected chi connectivity index (χ3v) is 7.43. The first-order valence-corrected chi connectivity index (χ1v) is 12.4. The number of hydrogen-bond donors (Lipinski definition) is 0. The van der Waals surface area contributed by atoms with Gasteiger partial charge in [0.2, 0.25) is 0 Å². The zero-order chi connectivity index (χ0) is 23.2. The average Bonchev–Trinajstić information content (AvgIpc) is 3.29. The molecular formula is C31H19N3S. The summed E-state index contributed by atoms with van der Waals surface area (Å²) >= 11 is 1.84. The quantitative estimate of drug-likeness (QED) is 0.263. The Morgan fingerprint density at radius 3 is 1.69 bits per heavy atom. The van der Waals surface area contributed by atoms with Crippen LogP contribution in [0, 0.1) is 0 Å². The molecule has 0 bridgehead atoms. The molecule has 0 aliphatic heterocycles. The molecule has 4 heteroatoms. The lowest BCUT2D eigenvalue weighted by molar-refractivity contribution is 1.07. The lowest BCUT2D eigenvalue weighted by Crippen LogP contribution is -2.00. The molecule has 2 aromatic heterocycles. The Balaban J connectivity index is 1.43. The molecule has 0 N–H and O–H groups in total. The molecule has 0 saturated carbocycles. The maximum Gasteiger partial charge on any atom is 0.164 e. The highest BCUT2D eigenvalue weighted by Gasteiger charge is 2.13. The van der Waals surface area contributed by atoms with Crippen molar-refractivity contribution in [3.63, 3.8) is 0 Å². The van der Waals surface area contributed by atoms with Crippen LogP contribution in [0.25, 0.3) is 65.1 Å². The zero-order valence-corrected chi connectivity index (χ0v) is 19.5. The highest BCUT2D eigenvalue weighted by Crippen LogP contribution is 2.37. The van der Waals surface area contributed by atoms with Crippen molar-refractivity contribution >= 4 is 42.3 Å². The van der Waals surface area contributed by atoms with Crippen LogP contribution < -0.4 is 0 Å². The molecule has 164 valence electrons. The van der Waals surface area contributed by atoms with Gasteiger partial charge in [0.25, 0.3) is 0 Å². The predicted molar refractivity (Wildman–Crippen MR) is 147 cm³/mol. The number of hydrogen-bond acceptors (Lipinski definition) is 4. The third-order valence-electron chi connectivity index (χ3n) is 6.29. The molecule has 0 aliphatic carbocycles. The Morgan fingerprint density at radius 1 is 0.400 bits per heavy atom. The Hall–Kier alpha value is -4.41. The molecule has 3 nitrogen and oxygen atoms in total. The molecule has 0 aliphatic rings. The van der Waals surface area contributed by atoms with Gasteiger partial charge in [-0.05, 0) is 35.0 Å². The van der Waals surface area contributed by atoms with Gasteiger partial charge in [-0.2, -0.15) is 0 Å². The monoisotopic (exact) mass is 465 g/mol. The molecular weight excluding hydrogens is 446 g/mol. The van der Waals surface area contributed by atoms with E-state index in [1.807, 2.05) is 72.0 Å². The minimum Gasteiger partial charge on any atom is -0.208 e. The van der Waals surface area contributed by atoms with Crippen molar-refractivity contribution in [2.24, 2.45) is 0 Å². The summed E-state index contributed by atoms with van der Waals surface area (Å²) in [6.45, 7) is 0. The second-order valence-electron chi connectivity index (χ2n) is 8.55. The van der Waals surface area contributed by atoms with Crippen LogP contribution in [0.1, 0.15) is 0 Å². The van der Waals surface area contributed by atoms with Gasteiger partial charge in [-0.15, -0.1) is 11.3 Å². The summed E-state index contributed by atoms with van der Waals surface area (Å²) in [5.74, 6) is 2.03. The van der Waals surface area contributed by atoms with Crippen molar-refractivity contribution in [3.05, 3.63) is 115 Å². The van der Waals surface area contributed by atoms with Crippen molar-refractivity contribution in [2.75, 3.05) is 0 Å². The highest BCUT2D eigenvalue weighted by molar-refractivity contribution is 7.25. The van der Waals surface area contributed by atoms with E-state index in [1.54, 1.807) is 0 Å². The lowest BCUT2D eigenvalue weighted by atomic mass is 10.0. The van der Waals surface area contributed by atoms with Crippen LogP contribution in [0.5, 0.6) is 0 Å². The van der Waals surface area contributed by atoms with E-state index in [2.05, 4.69) is 54.6 Å². The first-order chi connectivity index (χ1) is 17.3. The van der Waals surface area contributed by atoms with Crippen molar-refractivity contribution < 1.29 is 0 Å². The molecule has 0 unspecified atom stereocenters. The van der Waals surface area contributed by atoms with Gasteiger partial charge in [-0.25, -0.2) is 15.0 Å². The van der Waals surface area contributed by atoms with Gasteiger partial charge in [0.05, 0.1) is 0 Å². The number of nitrogens with zero attached hydrogens (tertiary/aromatic N) is 3. The first kappa shape index (κ1) is 20.0. The van der Waals surface area contributed by atoms with Crippen molar-refractivity contribution in [1.29, 1.82) is 0 Å². The number of aromatic nitrogens is 3. The number of rotatable bonds is 3. The van der Waals surface area contributed by atoms with Gasteiger partial charge in [0, 0.05) is 36.9 Å². The van der Waals surface area contributed by atoms with Crippen LogP contribution in [0.15, 0.2) is 115 Å². The fourth-order valence-corrected chi connectivity index (χ4v) is 5.68. The second-order valence-corrected chi connectivity index (χ2v) is 9.63. The Kier molecular flexibility index (Phi) is 4.64. The predicted octanol–water partition coefficient (Wildman–Crippen LogP) is 8.39. The number of thiophene rings is 1. The molecule has 0 amide bonds. The largest absolute Gasteiger partial charge is 0.208 e. The third kappa shape index (κ3) is 3.56. The zero-order valence-electron chi connectivity index (χ0n) is 18.7. The standard InChI is InChI=1S/C31H19N3S/c1-3-9-20(10-4-1)29-32-30(21-11-5-2-6-12-21)34-31(33-29)23-16-15-22-19-28-26(18-24(22)17-23)25-13-7-8-14-27(25)35-28/h1-19H. The van der Waals surface area contributed by atoms with E-state index >= 15 is 0 Å². The van der Waals surface area contributed by atoms with Gasteiger partial charge in [0.1, 0.15) is 0 Å². The van der Waals surface area contributed by atoms with Gasteiger partial charge in [0.15, 0.2) is 17.5 Å². The summed E-state index contributed by atoms with van der Waals surface area (Å²) in [5, 5.41) is 4.99. The minimum atomic E-state index is 0.675. The van der Waals surface area contributed by atoms with E-state index in [-0.39, 0.29) is 0 Å². The van der Waals surface area contributed by atoms with Crippen LogP contribution in [0.4, 0.5) is 0 Å². The van der Waals surface area contributed by atoms with Gasteiger partial charge in [-0.1, -0.05) is 91.0 Å². The Bertz CT molecular complexity index is 1780. The molecule has 0 saturated heterocycles. The van der Waals surface area contributed by atoms with Gasteiger partial charge >= 0.3 is 0 Å². The topological polar surface area (TPSA) is 38.7 Å². The summed E-state index contributed by atoms with van der Waals surface area (Å²) in [6.07, 6.45) is 0. The molecule has 0 radical (unpaired) electrons. The van der Waals surface area contributed by atoms with E-state index in [4.69, 9.17) is 15.0 Å². The average molecular weight is 466 g/mol. The lowest BCUT2D eigenvalue weighted by Gasteiger charge is -2.09. The van der Waals surface area contributed by atoms with E-state index < -0.39 is 0 Å². The normalized spacial score (nSPS) is 11.4. The fraction of sp³-hybridized carbons (Fsp3) is 0. The van der Waals surface area contributed by atoms with Gasteiger partial charge in [-0.3, -0.25) is 0 Å². The van der Waals surface area contributed by atoms with Crippen LogP contribution in [-0.4, -0.2) is 15.0 Å². The van der Waals surface area contributed by atoms with E-state index in [0.29, 0.717) is 17.5 Å². The molecule has 0 atom stereocenters. The van der Waals surface area contributed by atoms with E-state index in [9.17, 15) is 0 Å². The fourth-order valence-electron chi connectivity index (χ4n) is 4.55. The highest BCUT2D eigenvalue weighted by atomic mass is 32.1. The molecule has 0 fully saturated rings. The van der Waals surface area contributed by atoms with Crippen LogP contribution >= 0.6 is 11.3 Å².